The fraction of sp³-hybridized carbons (Fsp3) is 0.111. The summed E-state index contributed by atoms with van der Waals surface area (Å²) in [5.74, 6) is -0.571. The molecule has 4 nitrogen and oxygen atoms in total. The summed E-state index contributed by atoms with van der Waals surface area (Å²) in [5, 5.41) is 18.8. The highest BCUT2D eigenvalue weighted by molar-refractivity contribution is 5.52. The Bertz CT molecular complexity index is 376. The highest BCUT2D eigenvalue weighted by Crippen LogP contribution is 2.14. The Morgan fingerprint density at radius 3 is 2.86 bits per heavy atom. The number of benzene rings is 1. The lowest BCUT2D eigenvalue weighted by atomic mass is 10.1. The Labute approximate surface area is 79.4 Å². The molecule has 0 aliphatic heterocycles. The van der Waals surface area contributed by atoms with Crippen molar-refractivity contribution in [2.45, 2.75) is 6.61 Å². The van der Waals surface area contributed by atoms with Gasteiger partial charge in [0.15, 0.2) is 0 Å². The Hall–Kier alpha value is -1.75. The summed E-state index contributed by atoms with van der Waals surface area (Å²) >= 11 is 0. The molecule has 0 aromatic heterocycles. The number of hydrogen-bond donors (Lipinski definition) is 1. The molecule has 0 fully saturated rings. The van der Waals surface area contributed by atoms with Gasteiger partial charge in [0.2, 0.25) is 6.20 Å². The molecule has 0 bridgehead atoms. The van der Waals surface area contributed by atoms with E-state index in [9.17, 15) is 14.5 Å². The summed E-state index contributed by atoms with van der Waals surface area (Å²) in [6.07, 6.45) is 1.85. The number of hydrogen-bond acceptors (Lipinski definition) is 3. The average molecular weight is 197 g/mol. The first-order valence-corrected chi connectivity index (χ1v) is 3.85. The van der Waals surface area contributed by atoms with Crippen LogP contribution >= 0.6 is 0 Å². The predicted molar refractivity (Wildman–Crippen MR) is 48.4 cm³/mol. The number of nitrogens with zero attached hydrogens (tertiary/aromatic N) is 1. The molecular weight excluding hydrogens is 189 g/mol. The molecule has 1 aromatic carbocycles. The van der Waals surface area contributed by atoms with Crippen molar-refractivity contribution in [3.63, 3.8) is 0 Å². The third-order valence-electron chi connectivity index (χ3n) is 1.69. The molecule has 0 saturated heterocycles. The summed E-state index contributed by atoms with van der Waals surface area (Å²) in [5.41, 5.74) is 0.370. The monoisotopic (exact) mass is 197 g/mol. The fourth-order valence-electron chi connectivity index (χ4n) is 1.04. The quantitative estimate of drug-likeness (QED) is 0.590. The molecule has 0 spiro atoms. The van der Waals surface area contributed by atoms with Crippen LogP contribution in [-0.2, 0) is 6.61 Å². The number of aliphatic hydroxyl groups excluding tert-OH is 1. The molecule has 0 radical (unpaired) electrons. The van der Waals surface area contributed by atoms with Crippen molar-refractivity contribution in [3.05, 3.63) is 51.5 Å². The second-order valence-electron chi connectivity index (χ2n) is 2.57. The minimum absolute atomic E-state index is 0.0607. The highest BCUT2D eigenvalue weighted by atomic mass is 19.1. The third kappa shape index (κ3) is 2.37. The van der Waals surface area contributed by atoms with Crippen molar-refractivity contribution in [2.24, 2.45) is 0 Å². The molecule has 0 aliphatic rings. The molecule has 5 heteroatoms. The van der Waals surface area contributed by atoms with Gasteiger partial charge in [0.1, 0.15) is 5.82 Å². The number of halogens is 1. The largest absolute Gasteiger partial charge is 0.392 e. The maximum Gasteiger partial charge on any atom is 0.235 e. The van der Waals surface area contributed by atoms with E-state index in [0.29, 0.717) is 11.8 Å². The Balaban J connectivity index is 3.08. The molecule has 0 saturated carbocycles. The Morgan fingerprint density at radius 2 is 2.29 bits per heavy atom. The van der Waals surface area contributed by atoms with Crippen LogP contribution in [0.3, 0.4) is 0 Å². The number of rotatable bonds is 3. The van der Waals surface area contributed by atoms with Crippen molar-refractivity contribution in [3.8, 4) is 0 Å². The van der Waals surface area contributed by atoms with Crippen LogP contribution in [0.5, 0.6) is 0 Å². The molecule has 0 aliphatic carbocycles. The van der Waals surface area contributed by atoms with E-state index in [0.717, 1.165) is 6.08 Å². The van der Waals surface area contributed by atoms with Crippen LogP contribution in [0.2, 0.25) is 0 Å². The van der Waals surface area contributed by atoms with Gasteiger partial charge in [0.25, 0.3) is 0 Å². The topological polar surface area (TPSA) is 63.4 Å². The lowest BCUT2D eigenvalue weighted by Crippen LogP contribution is -1.94. The molecule has 14 heavy (non-hydrogen) atoms. The van der Waals surface area contributed by atoms with Gasteiger partial charge in [-0.1, -0.05) is 12.1 Å². The smallest absolute Gasteiger partial charge is 0.235 e. The van der Waals surface area contributed by atoms with Gasteiger partial charge in [-0.2, -0.15) is 0 Å². The summed E-state index contributed by atoms with van der Waals surface area (Å²) in [7, 11) is 0. The average Bonchev–Trinajstić information content (AvgIpc) is 2.14. The Kier molecular flexibility index (Phi) is 3.30. The molecule has 0 atom stereocenters. The van der Waals surface area contributed by atoms with Gasteiger partial charge in [-0.15, -0.1) is 0 Å². The van der Waals surface area contributed by atoms with Crippen LogP contribution < -0.4 is 0 Å². The molecule has 1 N–H and O–H groups in total. The van der Waals surface area contributed by atoms with E-state index in [4.69, 9.17) is 5.11 Å². The highest BCUT2D eigenvalue weighted by Gasteiger charge is 2.05. The van der Waals surface area contributed by atoms with Gasteiger partial charge in [-0.25, -0.2) is 4.39 Å². The van der Waals surface area contributed by atoms with Gasteiger partial charge in [0, 0.05) is 11.6 Å². The van der Waals surface area contributed by atoms with Crippen molar-refractivity contribution in [1.29, 1.82) is 0 Å². The summed E-state index contributed by atoms with van der Waals surface area (Å²) in [6, 6.07) is 4.11. The van der Waals surface area contributed by atoms with Crippen LogP contribution in [0.4, 0.5) is 4.39 Å². The maximum absolute atomic E-state index is 13.0. The van der Waals surface area contributed by atoms with Gasteiger partial charge in [0.05, 0.1) is 11.5 Å². The van der Waals surface area contributed by atoms with Crippen LogP contribution in [0.15, 0.2) is 24.4 Å². The van der Waals surface area contributed by atoms with Crippen LogP contribution in [0, 0.1) is 15.9 Å². The van der Waals surface area contributed by atoms with Crippen LogP contribution in [0.1, 0.15) is 11.1 Å². The zero-order chi connectivity index (χ0) is 10.6. The SMILES string of the molecule is O=[N+]([O-])/C=C/c1cccc(F)c1CO. The minimum atomic E-state index is -0.647. The molecule has 1 aromatic rings. The van der Waals surface area contributed by atoms with E-state index < -0.39 is 17.3 Å². The van der Waals surface area contributed by atoms with E-state index in [1.807, 2.05) is 0 Å². The Morgan fingerprint density at radius 1 is 1.57 bits per heavy atom. The zero-order valence-electron chi connectivity index (χ0n) is 7.18. The first-order valence-electron chi connectivity index (χ1n) is 3.85. The molecule has 74 valence electrons. The lowest BCUT2D eigenvalue weighted by molar-refractivity contribution is -0.400. The first kappa shape index (κ1) is 10.3. The standard InChI is InChI=1S/C9H8FNO3/c10-9-3-1-2-7(8(9)6-12)4-5-11(13)14/h1-5,12H,6H2/b5-4+. The molecular formula is C9H8FNO3. The van der Waals surface area contributed by atoms with E-state index in [-0.39, 0.29) is 5.56 Å². The molecule has 1 rings (SSSR count). The maximum atomic E-state index is 13.0. The van der Waals surface area contributed by atoms with Crippen LogP contribution in [0.25, 0.3) is 6.08 Å². The molecule has 0 unspecified atom stereocenters. The second-order valence-corrected chi connectivity index (χ2v) is 2.57. The zero-order valence-corrected chi connectivity index (χ0v) is 7.18. The van der Waals surface area contributed by atoms with Crippen molar-refractivity contribution in [2.75, 3.05) is 0 Å². The van der Waals surface area contributed by atoms with Crippen molar-refractivity contribution in [1.82, 2.24) is 0 Å². The first-order chi connectivity index (χ1) is 6.65. The summed E-state index contributed by atoms with van der Waals surface area (Å²) < 4.78 is 13.0. The third-order valence-corrected chi connectivity index (χ3v) is 1.69. The van der Waals surface area contributed by atoms with Gasteiger partial charge in [-0.3, -0.25) is 10.1 Å². The van der Waals surface area contributed by atoms with Gasteiger partial charge >= 0.3 is 0 Å². The minimum Gasteiger partial charge on any atom is -0.392 e. The molecule has 0 amide bonds. The second kappa shape index (κ2) is 4.48. The molecule has 0 heterocycles. The van der Waals surface area contributed by atoms with Gasteiger partial charge in [-0.05, 0) is 11.6 Å². The van der Waals surface area contributed by atoms with Crippen LogP contribution in [-0.4, -0.2) is 10.0 Å². The summed E-state index contributed by atoms with van der Waals surface area (Å²) in [4.78, 5) is 9.37. The fourth-order valence-corrected chi connectivity index (χ4v) is 1.04. The summed E-state index contributed by atoms with van der Waals surface area (Å²) in [6.45, 7) is -0.482. The van der Waals surface area contributed by atoms with Crippen molar-refractivity contribution >= 4 is 6.08 Å². The van der Waals surface area contributed by atoms with Crippen molar-refractivity contribution < 1.29 is 14.4 Å². The number of aliphatic hydroxyl groups is 1. The normalized spacial score (nSPS) is 10.7. The van der Waals surface area contributed by atoms with E-state index in [2.05, 4.69) is 0 Å². The number of nitro groups is 1. The lowest BCUT2D eigenvalue weighted by Gasteiger charge is -2.02. The van der Waals surface area contributed by atoms with E-state index >= 15 is 0 Å². The van der Waals surface area contributed by atoms with E-state index in [1.165, 1.54) is 18.2 Å². The van der Waals surface area contributed by atoms with Gasteiger partial charge < -0.3 is 5.11 Å². The predicted octanol–water partition coefficient (Wildman–Crippen LogP) is 1.57. The van der Waals surface area contributed by atoms with E-state index in [1.54, 1.807) is 0 Å².